The van der Waals surface area contributed by atoms with Crippen LogP contribution >= 0.6 is 34.8 Å². The van der Waals surface area contributed by atoms with E-state index in [1.54, 1.807) is 0 Å². The van der Waals surface area contributed by atoms with Crippen LogP contribution in [0.25, 0.3) is 0 Å². The molecule has 0 saturated heterocycles. The van der Waals surface area contributed by atoms with Crippen molar-refractivity contribution in [1.29, 1.82) is 0 Å². The molecule has 0 unspecified atom stereocenters. The summed E-state index contributed by atoms with van der Waals surface area (Å²) in [4.78, 5) is -0.119. The van der Waals surface area contributed by atoms with Gasteiger partial charge in [0, 0.05) is 5.02 Å². The maximum atomic E-state index is 12.1. The first kappa shape index (κ1) is 12.7. The van der Waals surface area contributed by atoms with Gasteiger partial charge in [-0.1, -0.05) is 34.8 Å². The van der Waals surface area contributed by atoms with E-state index in [-0.39, 0.29) is 20.0 Å². The molecule has 2 rings (SSSR count). The molecule has 0 aliphatic carbocycles. The summed E-state index contributed by atoms with van der Waals surface area (Å²) in [6, 6.07) is 4.16. The van der Waals surface area contributed by atoms with E-state index in [1.807, 2.05) is 0 Å². The number of benzene rings is 1. The fourth-order valence-corrected chi connectivity index (χ4v) is 3.25. The smallest absolute Gasteiger partial charge is 0.199 e. The van der Waals surface area contributed by atoms with Gasteiger partial charge in [0.05, 0.1) is 22.4 Å². The highest BCUT2D eigenvalue weighted by atomic mass is 35.5. The van der Waals surface area contributed by atoms with E-state index < -0.39 is 10.0 Å². The van der Waals surface area contributed by atoms with Crippen molar-refractivity contribution in [2.45, 2.75) is 4.90 Å². The van der Waals surface area contributed by atoms with E-state index in [0.29, 0.717) is 0 Å². The highest BCUT2D eigenvalue weighted by Crippen LogP contribution is 2.26. The SMILES string of the molecule is O=S(=O)(c1cc(Cl)ccc1Cl)n1cc(Cl)cn1. The lowest BCUT2D eigenvalue weighted by Gasteiger charge is -2.06. The van der Waals surface area contributed by atoms with Crippen LogP contribution in [0.2, 0.25) is 15.1 Å². The molecule has 8 heteroatoms. The molecule has 0 radical (unpaired) electrons. The maximum Gasteiger partial charge on any atom is 0.284 e. The second-order valence-electron chi connectivity index (χ2n) is 3.11. The Morgan fingerprint density at radius 2 is 1.82 bits per heavy atom. The van der Waals surface area contributed by atoms with Gasteiger partial charge in [0.1, 0.15) is 4.90 Å². The van der Waals surface area contributed by atoms with Crippen LogP contribution < -0.4 is 0 Å². The van der Waals surface area contributed by atoms with Crippen LogP contribution in [0.15, 0.2) is 35.5 Å². The molecule has 0 aliphatic heterocycles. The van der Waals surface area contributed by atoms with Gasteiger partial charge in [-0.3, -0.25) is 0 Å². The quantitative estimate of drug-likeness (QED) is 0.856. The molecule has 0 saturated carbocycles. The van der Waals surface area contributed by atoms with Crippen LogP contribution in [-0.4, -0.2) is 17.6 Å². The molecule has 17 heavy (non-hydrogen) atoms. The molecule has 1 aromatic carbocycles. The van der Waals surface area contributed by atoms with Crippen molar-refractivity contribution in [2.75, 3.05) is 0 Å². The van der Waals surface area contributed by atoms with Crippen LogP contribution in [0.5, 0.6) is 0 Å². The summed E-state index contributed by atoms with van der Waals surface area (Å²) in [7, 11) is -3.87. The van der Waals surface area contributed by atoms with Crippen LogP contribution in [-0.2, 0) is 10.0 Å². The number of rotatable bonds is 2. The Hall–Kier alpha value is -0.750. The van der Waals surface area contributed by atoms with E-state index in [2.05, 4.69) is 5.10 Å². The Morgan fingerprint density at radius 3 is 2.41 bits per heavy atom. The molecule has 0 spiro atoms. The highest BCUT2D eigenvalue weighted by Gasteiger charge is 2.21. The van der Waals surface area contributed by atoms with Crippen LogP contribution in [0, 0.1) is 0 Å². The number of halogens is 3. The van der Waals surface area contributed by atoms with Gasteiger partial charge >= 0.3 is 0 Å². The topological polar surface area (TPSA) is 52.0 Å². The van der Waals surface area contributed by atoms with Crippen molar-refractivity contribution < 1.29 is 8.42 Å². The summed E-state index contributed by atoms with van der Waals surface area (Å²) < 4.78 is 25.0. The Bertz CT molecular complexity index is 667. The molecule has 0 N–H and O–H groups in total. The monoisotopic (exact) mass is 310 g/mol. The zero-order valence-corrected chi connectivity index (χ0v) is 11.2. The van der Waals surface area contributed by atoms with Gasteiger partial charge in [-0.05, 0) is 18.2 Å². The maximum absolute atomic E-state index is 12.1. The zero-order chi connectivity index (χ0) is 12.6. The third-order valence-corrected chi connectivity index (χ3v) is 4.40. The van der Waals surface area contributed by atoms with Crippen molar-refractivity contribution in [1.82, 2.24) is 9.19 Å². The van der Waals surface area contributed by atoms with Gasteiger partial charge in [-0.2, -0.15) is 17.6 Å². The molecule has 90 valence electrons. The van der Waals surface area contributed by atoms with Crippen LogP contribution in [0.1, 0.15) is 0 Å². The fourth-order valence-electron chi connectivity index (χ4n) is 1.19. The molecule has 4 nitrogen and oxygen atoms in total. The highest BCUT2D eigenvalue weighted by molar-refractivity contribution is 7.90. The fraction of sp³-hybridized carbons (Fsp3) is 0. The average Bonchev–Trinajstić information content (AvgIpc) is 2.69. The van der Waals surface area contributed by atoms with E-state index >= 15 is 0 Å². The summed E-state index contributed by atoms with van der Waals surface area (Å²) in [5.74, 6) is 0. The van der Waals surface area contributed by atoms with Crippen molar-refractivity contribution in [3.05, 3.63) is 45.7 Å². The summed E-state index contributed by atoms with van der Waals surface area (Å²) in [6.07, 6.45) is 2.39. The summed E-state index contributed by atoms with van der Waals surface area (Å²) >= 11 is 17.2. The molecule has 1 heterocycles. The average molecular weight is 312 g/mol. The molecule has 2 aromatic rings. The minimum Gasteiger partial charge on any atom is -0.199 e. The van der Waals surface area contributed by atoms with Crippen molar-refractivity contribution >= 4 is 44.8 Å². The first-order valence-electron chi connectivity index (χ1n) is 4.32. The Balaban J connectivity index is 2.63. The first-order chi connectivity index (χ1) is 7.91. The normalized spacial score (nSPS) is 11.7. The second-order valence-corrected chi connectivity index (χ2v) is 6.16. The molecular weight excluding hydrogens is 307 g/mol. The van der Waals surface area contributed by atoms with Crippen molar-refractivity contribution in [3.8, 4) is 0 Å². The standard InChI is InChI=1S/C9H5Cl3N2O2S/c10-6-1-2-8(12)9(3-6)17(15,16)14-5-7(11)4-13-14/h1-5H. The minimum absolute atomic E-state index is 0.0704. The molecule has 0 atom stereocenters. The van der Waals surface area contributed by atoms with Gasteiger partial charge in [0.2, 0.25) is 0 Å². The van der Waals surface area contributed by atoms with Gasteiger partial charge in [-0.25, -0.2) is 0 Å². The predicted molar refractivity (Wildman–Crippen MR) is 66.3 cm³/mol. The summed E-state index contributed by atoms with van der Waals surface area (Å²) in [6.45, 7) is 0. The van der Waals surface area contributed by atoms with Gasteiger partial charge < -0.3 is 0 Å². The molecular formula is C9H5Cl3N2O2S. The lowest BCUT2D eigenvalue weighted by molar-refractivity contribution is 0.580. The van der Waals surface area contributed by atoms with Gasteiger partial charge in [-0.15, -0.1) is 0 Å². The molecule has 1 aromatic heterocycles. The largest absolute Gasteiger partial charge is 0.284 e. The van der Waals surface area contributed by atoms with Crippen molar-refractivity contribution in [2.24, 2.45) is 0 Å². The lowest BCUT2D eigenvalue weighted by atomic mass is 10.4. The van der Waals surface area contributed by atoms with Gasteiger partial charge in [0.15, 0.2) is 0 Å². The van der Waals surface area contributed by atoms with Crippen LogP contribution in [0.4, 0.5) is 0 Å². The second kappa shape index (κ2) is 4.49. The van der Waals surface area contributed by atoms with Crippen LogP contribution in [0.3, 0.4) is 0 Å². The zero-order valence-electron chi connectivity index (χ0n) is 8.14. The molecule has 0 fully saturated rings. The molecule has 0 aliphatic rings. The van der Waals surface area contributed by atoms with Crippen molar-refractivity contribution in [3.63, 3.8) is 0 Å². The summed E-state index contributed by atoms with van der Waals surface area (Å²) in [5.41, 5.74) is 0. The van der Waals surface area contributed by atoms with E-state index in [0.717, 1.165) is 4.09 Å². The number of nitrogens with zero attached hydrogens (tertiary/aromatic N) is 2. The third kappa shape index (κ3) is 2.42. The number of hydrogen-bond donors (Lipinski definition) is 0. The number of hydrogen-bond acceptors (Lipinski definition) is 3. The Labute approximate surface area is 113 Å². The summed E-state index contributed by atoms with van der Waals surface area (Å²) in [5, 5.41) is 4.18. The Kier molecular flexibility index (Phi) is 3.36. The van der Waals surface area contributed by atoms with E-state index in [1.165, 1.54) is 30.6 Å². The first-order valence-corrected chi connectivity index (χ1v) is 6.89. The molecule has 0 amide bonds. The van der Waals surface area contributed by atoms with E-state index in [4.69, 9.17) is 34.8 Å². The minimum atomic E-state index is -3.87. The molecule has 0 bridgehead atoms. The van der Waals surface area contributed by atoms with E-state index in [9.17, 15) is 8.42 Å². The third-order valence-electron chi connectivity index (χ3n) is 1.95. The number of aromatic nitrogens is 2. The Morgan fingerprint density at radius 1 is 1.12 bits per heavy atom. The lowest BCUT2D eigenvalue weighted by Crippen LogP contribution is -2.13. The van der Waals surface area contributed by atoms with Gasteiger partial charge in [0.25, 0.3) is 10.0 Å². The predicted octanol–water partition coefficient (Wildman–Crippen LogP) is 3.08.